The van der Waals surface area contributed by atoms with E-state index in [9.17, 15) is 9.18 Å². The number of rotatable bonds is 4. The Hall–Kier alpha value is -2.08. The van der Waals surface area contributed by atoms with Crippen molar-refractivity contribution in [3.05, 3.63) is 57.8 Å². The van der Waals surface area contributed by atoms with Crippen LogP contribution in [0.2, 0.25) is 0 Å². The Balaban J connectivity index is 2.23. The van der Waals surface area contributed by atoms with Gasteiger partial charge in [0.25, 0.3) is 0 Å². The number of nitrogens with two attached hydrogens (primary N) is 1. The highest BCUT2D eigenvalue weighted by Crippen LogP contribution is 2.25. The van der Waals surface area contributed by atoms with Crippen LogP contribution in [-0.2, 0) is 6.61 Å². The molecule has 0 saturated carbocycles. The monoisotopic (exact) mass is 339 g/mol. The van der Waals surface area contributed by atoms with Gasteiger partial charge in [-0.3, -0.25) is 0 Å². The molecule has 3 N–H and O–H groups in total. The number of carboxylic acids is 1. The van der Waals surface area contributed by atoms with Gasteiger partial charge < -0.3 is 15.6 Å². The van der Waals surface area contributed by atoms with Crippen molar-refractivity contribution in [3.8, 4) is 5.75 Å². The summed E-state index contributed by atoms with van der Waals surface area (Å²) in [6.45, 7) is 0.0442. The van der Waals surface area contributed by atoms with Crippen molar-refractivity contribution in [1.82, 2.24) is 0 Å². The maximum atomic E-state index is 13.4. The molecule has 0 radical (unpaired) electrons. The van der Waals surface area contributed by atoms with E-state index in [2.05, 4.69) is 15.9 Å². The molecule has 0 amide bonds. The molecule has 0 bridgehead atoms. The molecule has 0 saturated heterocycles. The van der Waals surface area contributed by atoms with Gasteiger partial charge in [0.15, 0.2) is 0 Å². The van der Waals surface area contributed by atoms with Gasteiger partial charge in [-0.05, 0) is 40.2 Å². The molecule has 0 aliphatic heterocycles. The van der Waals surface area contributed by atoms with Crippen molar-refractivity contribution >= 4 is 27.6 Å². The number of halogens is 2. The van der Waals surface area contributed by atoms with Crippen molar-refractivity contribution in [2.75, 3.05) is 5.73 Å². The Morgan fingerprint density at radius 2 is 2.10 bits per heavy atom. The Labute approximate surface area is 123 Å². The van der Waals surface area contributed by atoms with Gasteiger partial charge in [-0.2, -0.15) is 0 Å². The second kappa shape index (κ2) is 5.92. The van der Waals surface area contributed by atoms with Crippen molar-refractivity contribution in [1.29, 1.82) is 0 Å². The lowest BCUT2D eigenvalue weighted by atomic mass is 10.2. The molecule has 0 aromatic heterocycles. The van der Waals surface area contributed by atoms with Crippen molar-refractivity contribution in [2.24, 2.45) is 0 Å². The molecule has 0 aliphatic rings. The first-order chi connectivity index (χ1) is 9.49. The Bertz CT molecular complexity index is 661. The molecule has 0 aliphatic carbocycles. The van der Waals surface area contributed by atoms with Gasteiger partial charge in [0, 0.05) is 11.3 Å². The number of ether oxygens (including phenoxy) is 1. The maximum absolute atomic E-state index is 13.4. The summed E-state index contributed by atoms with van der Waals surface area (Å²) in [6, 6.07) is 8.90. The summed E-state index contributed by atoms with van der Waals surface area (Å²) in [5.41, 5.74) is 6.43. The van der Waals surface area contributed by atoms with E-state index in [1.54, 1.807) is 18.2 Å². The molecular weight excluding hydrogens is 329 g/mol. The van der Waals surface area contributed by atoms with E-state index in [0.29, 0.717) is 15.7 Å². The quantitative estimate of drug-likeness (QED) is 0.837. The first kappa shape index (κ1) is 14.3. The van der Waals surface area contributed by atoms with Gasteiger partial charge in [0.05, 0.1) is 4.47 Å². The standard InChI is InChI=1S/C14H11BrFNO3/c15-13-8(2-1-3-11(13)16)7-20-12-5-4-9(17)6-10(12)14(18)19/h1-6H,7,17H2,(H,18,19). The van der Waals surface area contributed by atoms with Crippen molar-refractivity contribution in [3.63, 3.8) is 0 Å². The average Bonchev–Trinajstić information content (AvgIpc) is 2.41. The molecule has 0 heterocycles. The molecule has 0 unspecified atom stereocenters. The van der Waals surface area contributed by atoms with E-state index in [4.69, 9.17) is 15.6 Å². The van der Waals surface area contributed by atoms with Crippen LogP contribution in [0.5, 0.6) is 5.75 Å². The number of carbonyl (C=O) groups is 1. The van der Waals surface area contributed by atoms with Gasteiger partial charge in [0.2, 0.25) is 0 Å². The summed E-state index contributed by atoms with van der Waals surface area (Å²) in [5, 5.41) is 9.08. The maximum Gasteiger partial charge on any atom is 0.339 e. The largest absolute Gasteiger partial charge is 0.488 e. The van der Waals surface area contributed by atoms with Crippen LogP contribution in [0.15, 0.2) is 40.9 Å². The van der Waals surface area contributed by atoms with Crippen LogP contribution in [0.3, 0.4) is 0 Å². The van der Waals surface area contributed by atoms with Crippen LogP contribution in [0, 0.1) is 5.82 Å². The summed E-state index contributed by atoms with van der Waals surface area (Å²) in [5.74, 6) is -1.35. The minimum atomic E-state index is -1.13. The number of hydrogen-bond acceptors (Lipinski definition) is 3. The zero-order chi connectivity index (χ0) is 14.7. The van der Waals surface area contributed by atoms with Crippen molar-refractivity contribution in [2.45, 2.75) is 6.61 Å². The van der Waals surface area contributed by atoms with Gasteiger partial charge in [-0.25, -0.2) is 9.18 Å². The molecule has 0 spiro atoms. The molecule has 104 valence electrons. The highest BCUT2D eigenvalue weighted by Gasteiger charge is 2.13. The van der Waals surface area contributed by atoms with Crippen LogP contribution < -0.4 is 10.5 Å². The zero-order valence-corrected chi connectivity index (χ0v) is 11.9. The molecule has 2 aromatic rings. The van der Waals surface area contributed by atoms with Gasteiger partial charge in [0.1, 0.15) is 23.7 Å². The van der Waals surface area contributed by atoms with Crippen molar-refractivity contribution < 1.29 is 19.0 Å². The predicted octanol–water partition coefficient (Wildman–Crippen LogP) is 3.45. The fraction of sp³-hybridized carbons (Fsp3) is 0.0714. The first-order valence-electron chi connectivity index (χ1n) is 5.67. The lowest BCUT2D eigenvalue weighted by Crippen LogP contribution is -2.05. The van der Waals surface area contributed by atoms with E-state index in [0.717, 1.165) is 0 Å². The molecule has 2 rings (SSSR count). The highest BCUT2D eigenvalue weighted by molar-refractivity contribution is 9.10. The normalized spacial score (nSPS) is 10.3. The number of aromatic carboxylic acids is 1. The number of carboxylic acid groups (broad SMARTS) is 1. The fourth-order valence-corrected chi connectivity index (χ4v) is 2.03. The predicted molar refractivity (Wildman–Crippen MR) is 76.2 cm³/mol. The van der Waals surface area contributed by atoms with Crippen LogP contribution >= 0.6 is 15.9 Å². The summed E-state index contributed by atoms with van der Waals surface area (Å²) >= 11 is 3.12. The summed E-state index contributed by atoms with van der Waals surface area (Å²) < 4.78 is 19.1. The molecule has 2 aromatic carbocycles. The second-order valence-electron chi connectivity index (χ2n) is 4.06. The minimum absolute atomic E-state index is 0.0301. The summed E-state index contributed by atoms with van der Waals surface area (Å²) in [6.07, 6.45) is 0. The second-order valence-corrected chi connectivity index (χ2v) is 4.86. The Kier molecular flexibility index (Phi) is 4.24. The smallest absolute Gasteiger partial charge is 0.339 e. The number of benzene rings is 2. The average molecular weight is 340 g/mol. The van der Waals surface area contributed by atoms with E-state index in [-0.39, 0.29) is 17.9 Å². The topological polar surface area (TPSA) is 72.5 Å². The third-order valence-electron chi connectivity index (χ3n) is 2.65. The van der Waals surface area contributed by atoms with Crippen LogP contribution in [0.4, 0.5) is 10.1 Å². The molecule has 0 fully saturated rings. The highest BCUT2D eigenvalue weighted by atomic mass is 79.9. The molecule has 20 heavy (non-hydrogen) atoms. The van der Waals surface area contributed by atoms with E-state index in [1.165, 1.54) is 18.2 Å². The summed E-state index contributed by atoms with van der Waals surface area (Å²) in [4.78, 5) is 11.1. The lowest BCUT2D eigenvalue weighted by Gasteiger charge is -2.11. The number of nitrogen functional groups attached to an aromatic ring is 1. The third kappa shape index (κ3) is 3.08. The van der Waals surface area contributed by atoms with E-state index in [1.807, 2.05) is 0 Å². The SMILES string of the molecule is Nc1ccc(OCc2cccc(F)c2Br)c(C(=O)O)c1. The van der Waals surface area contributed by atoms with E-state index >= 15 is 0 Å². The fourth-order valence-electron chi connectivity index (χ4n) is 1.66. The zero-order valence-electron chi connectivity index (χ0n) is 10.3. The number of anilines is 1. The van der Waals surface area contributed by atoms with Crippen LogP contribution in [-0.4, -0.2) is 11.1 Å². The van der Waals surface area contributed by atoms with Gasteiger partial charge >= 0.3 is 5.97 Å². The van der Waals surface area contributed by atoms with Gasteiger partial charge in [-0.1, -0.05) is 12.1 Å². The molecule has 0 atom stereocenters. The van der Waals surface area contributed by atoms with Gasteiger partial charge in [-0.15, -0.1) is 0 Å². The Morgan fingerprint density at radius 3 is 2.80 bits per heavy atom. The van der Waals surface area contributed by atoms with Crippen LogP contribution in [0.1, 0.15) is 15.9 Å². The lowest BCUT2D eigenvalue weighted by molar-refractivity contribution is 0.0692. The minimum Gasteiger partial charge on any atom is -0.488 e. The van der Waals surface area contributed by atoms with E-state index < -0.39 is 11.8 Å². The summed E-state index contributed by atoms with van der Waals surface area (Å²) in [7, 11) is 0. The third-order valence-corrected chi connectivity index (χ3v) is 3.54. The molecule has 4 nitrogen and oxygen atoms in total. The first-order valence-corrected chi connectivity index (χ1v) is 6.47. The Morgan fingerprint density at radius 1 is 1.35 bits per heavy atom. The van der Waals surface area contributed by atoms with Crippen LogP contribution in [0.25, 0.3) is 0 Å². The number of hydrogen-bond donors (Lipinski definition) is 2. The molecular formula is C14H11BrFNO3. The molecule has 6 heteroatoms.